The van der Waals surface area contributed by atoms with Crippen LogP contribution in [0.3, 0.4) is 0 Å². The first-order chi connectivity index (χ1) is 8.44. The Bertz CT molecular complexity index is 448. The van der Waals surface area contributed by atoms with Crippen molar-refractivity contribution in [3.63, 3.8) is 0 Å². The van der Waals surface area contributed by atoms with E-state index in [0.717, 1.165) is 0 Å². The maximum Gasteiger partial charge on any atom is 0.242 e. The predicted molar refractivity (Wildman–Crippen MR) is 66.1 cm³/mol. The monoisotopic (exact) mass is 277 g/mol. The maximum absolute atomic E-state index is 12.0. The van der Waals surface area contributed by atoms with Crippen molar-refractivity contribution in [3.8, 4) is 0 Å². The Balaban J connectivity index is 2.53. The zero-order valence-electron chi connectivity index (χ0n) is 10.2. The number of hydrogen-bond donors (Lipinski definition) is 0. The van der Waals surface area contributed by atoms with E-state index in [2.05, 4.69) is 0 Å². The topological polar surface area (TPSA) is 37.4 Å². The normalized spacial score (nSPS) is 12.3. The number of sulfonamides is 1. The van der Waals surface area contributed by atoms with Crippen molar-refractivity contribution in [2.75, 3.05) is 13.6 Å². The van der Waals surface area contributed by atoms with Gasteiger partial charge in [-0.05, 0) is 25.0 Å². The molecule has 1 rings (SSSR count). The van der Waals surface area contributed by atoms with Gasteiger partial charge in [0.05, 0.1) is 4.90 Å². The summed E-state index contributed by atoms with van der Waals surface area (Å²) in [4.78, 5) is 0.223. The SMILES string of the molecule is CN(CCCCC(F)F)S(=O)(=O)c1ccccc1. The summed E-state index contributed by atoms with van der Waals surface area (Å²) < 4.78 is 49.1. The summed E-state index contributed by atoms with van der Waals surface area (Å²) in [7, 11) is -2.03. The van der Waals surface area contributed by atoms with E-state index in [-0.39, 0.29) is 17.9 Å². The molecular weight excluding hydrogens is 260 g/mol. The van der Waals surface area contributed by atoms with Crippen LogP contribution in [0, 0.1) is 0 Å². The van der Waals surface area contributed by atoms with Crippen molar-refractivity contribution in [2.24, 2.45) is 0 Å². The van der Waals surface area contributed by atoms with Crippen LogP contribution in [0.1, 0.15) is 19.3 Å². The molecule has 0 atom stereocenters. The van der Waals surface area contributed by atoms with E-state index >= 15 is 0 Å². The van der Waals surface area contributed by atoms with E-state index < -0.39 is 16.4 Å². The summed E-state index contributed by atoms with van der Waals surface area (Å²) in [6, 6.07) is 8.08. The van der Waals surface area contributed by atoms with Gasteiger partial charge >= 0.3 is 0 Å². The Labute approximate surface area is 106 Å². The van der Waals surface area contributed by atoms with Gasteiger partial charge in [0, 0.05) is 20.0 Å². The van der Waals surface area contributed by atoms with Crippen molar-refractivity contribution in [1.82, 2.24) is 4.31 Å². The third-order valence-corrected chi connectivity index (χ3v) is 4.47. The number of alkyl halides is 2. The molecule has 3 nitrogen and oxygen atoms in total. The first kappa shape index (κ1) is 15.0. The van der Waals surface area contributed by atoms with Gasteiger partial charge in [0.25, 0.3) is 0 Å². The average Bonchev–Trinajstić information content (AvgIpc) is 2.35. The lowest BCUT2D eigenvalue weighted by atomic mass is 10.2. The van der Waals surface area contributed by atoms with Crippen molar-refractivity contribution < 1.29 is 17.2 Å². The molecule has 0 bridgehead atoms. The Morgan fingerprint density at radius 2 is 1.78 bits per heavy atom. The van der Waals surface area contributed by atoms with Crippen LogP contribution in [0.25, 0.3) is 0 Å². The highest BCUT2D eigenvalue weighted by Crippen LogP contribution is 2.14. The van der Waals surface area contributed by atoms with E-state index in [0.29, 0.717) is 12.8 Å². The maximum atomic E-state index is 12.0. The Morgan fingerprint density at radius 1 is 1.17 bits per heavy atom. The Kier molecular flexibility index (Phi) is 5.68. The standard InChI is InChI=1S/C12H17F2NO2S/c1-15(10-6-5-9-12(13)14)18(16,17)11-7-3-2-4-8-11/h2-4,7-8,12H,5-6,9-10H2,1H3. The number of hydrogen-bond acceptors (Lipinski definition) is 2. The molecule has 1 aromatic carbocycles. The first-order valence-electron chi connectivity index (χ1n) is 5.74. The highest BCUT2D eigenvalue weighted by Gasteiger charge is 2.19. The van der Waals surface area contributed by atoms with Crippen molar-refractivity contribution in [2.45, 2.75) is 30.6 Å². The van der Waals surface area contributed by atoms with Crippen LogP contribution in [0.15, 0.2) is 35.2 Å². The molecule has 0 saturated carbocycles. The molecular formula is C12H17F2NO2S. The van der Waals surface area contributed by atoms with Gasteiger partial charge in [-0.15, -0.1) is 0 Å². The van der Waals surface area contributed by atoms with Crippen LogP contribution in [0.4, 0.5) is 8.78 Å². The molecule has 0 spiro atoms. The highest BCUT2D eigenvalue weighted by atomic mass is 32.2. The molecule has 0 unspecified atom stereocenters. The van der Waals surface area contributed by atoms with E-state index in [1.807, 2.05) is 0 Å². The van der Waals surface area contributed by atoms with Gasteiger partial charge in [-0.3, -0.25) is 0 Å². The first-order valence-corrected chi connectivity index (χ1v) is 7.18. The molecule has 0 aromatic heterocycles. The molecule has 0 aliphatic heterocycles. The van der Waals surface area contributed by atoms with Crippen LogP contribution in [-0.4, -0.2) is 32.7 Å². The van der Waals surface area contributed by atoms with Crippen molar-refractivity contribution in [1.29, 1.82) is 0 Å². The average molecular weight is 277 g/mol. The van der Waals surface area contributed by atoms with E-state index in [1.54, 1.807) is 18.2 Å². The zero-order chi connectivity index (χ0) is 13.6. The van der Waals surface area contributed by atoms with Gasteiger partial charge < -0.3 is 0 Å². The molecule has 0 amide bonds. The molecule has 0 saturated heterocycles. The quantitative estimate of drug-likeness (QED) is 0.719. The number of benzene rings is 1. The van der Waals surface area contributed by atoms with E-state index in [1.165, 1.54) is 23.5 Å². The van der Waals surface area contributed by atoms with Gasteiger partial charge in [0.1, 0.15) is 0 Å². The van der Waals surface area contributed by atoms with Crippen LogP contribution < -0.4 is 0 Å². The molecule has 0 radical (unpaired) electrons. The third-order valence-electron chi connectivity index (χ3n) is 2.60. The Hall–Kier alpha value is -1.01. The molecule has 1 aromatic rings. The second kappa shape index (κ2) is 6.80. The smallest absolute Gasteiger partial charge is 0.211 e. The number of nitrogens with zero attached hydrogens (tertiary/aromatic N) is 1. The minimum Gasteiger partial charge on any atom is -0.211 e. The van der Waals surface area contributed by atoms with Gasteiger partial charge in [-0.1, -0.05) is 18.2 Å². The summed E-state index contributed by atoms with van der Waals surface area (Å²) in [5, 5.41) is 0. The fourth-order valence-electron chi connectivity index (χ4n) is 1.53. The highest BCUT2D eigenvalue weighted by molar-refractivity contribution is 7.89. The van der Waals surface area contributed by atoms with Gasteiger partial charge in [-0.25, -0.2) is 21.5 Å². The third kappa shape index (κ3) is 4.34. The minimum absolute atomic E-state index is 0.181. The number of rotatable bonds is 7. The molecule has 0 fully saturated rings. The lowest BCUT2D eigenvalue weighted by molar-refractivity contribution is 0.133. The van der Waals surface area contributed by atoms with E-state index in [4.69, 9.17) is 0 Å². The fraction of sp³-hybridized carbons (Fsp3) is 0.500. The summed E-state index contributed by atoms with van der Waals surface area (Å²) >= 11 is 0. The summed E-state index contributed by atoms with van der Waals surface area (Å²) in [6.07, 6.45) is -1.74. The van der Waals surface area contributed by atoms with Crippen molar-refractivity contribution >= 4 is 10.0 Å². The number of unbranched alkanes of at least 4 members (excludes halogenated alkanes) is 1. The van der Waals surface area contributed by atoms with Gasteiger partial charge in [0.2, 0.25) is 16.4 Å². The molecule has 18 heavy (non-hydrogen) atoms. The lowest BCUT2D eigenvalue weighted by Crippen LogP contribution is -2.28. The number of halogens is 2. The fourth-order valence-corrected chi connectivity index (χ4v) is 2.76. The predicted octanol–water partition coefficient (Wildman–Crippen LogP) is 2.74. The van der Waals surface area contributed by atoms with E-state index in [9.17, 15) is 17.2 Å². The largest absolute Gasteiger partial charge is 0.242 e. The molecule has 102 valence electrons. The second-order valence-electron chi connectivity index (χ2n) is 4.03. The summed E-state index contributed by atoms with van der Waals surface area (Å²) in [5.74, 6) is 0. The molecule has 0 aliphatic carbocycles. The van der Waals surface area contributed by atoms with Crippen molar-refractivity contribution in [3.05, 3.63) is 30.3 Å². The van der Waals surface area contributed by atoms with Gasteiger partial charge in [0.15, 0.2) is 0 Å². The van der Waals surface area contributed by atoms with Crippen LogP contribution in [-0.2, 0) is 10.0 Å². The summed E-state index contributed by atoms with van der Waals surface area (Å²) in [6.45, 7) is 0.254. The van der Waals surface area contributed by atoms with Crippen LogP contribution in [0.2, 0.25) is 0 Å². The summed E-state index contributed by atoms with van der Waals surface area (Å²) in [5.41, 5.74) is 0. The second-order valence-corrected chi connectivity index (χ2v) is 6.07. The molecule has 0 aliphatic rings. The molecule has 6 heteroatoms. The molecule has 0 N–H and O–H groups in total. The zero-order valence-corrected chi connectivity index (χ0v) is 11.0. The molecule has 0 heterocycles. The minimum atomic E-state index is -3.49. The lowest BCUT2D eigenvalue weighted by Gasteiger charge is -2.16. The van der Waals surface area contributed by atoms with Crippen LogP contribution in [0.5, 0.6) is 0 Å². The van der Waals surface area contributed by atoms with Crippen LogP contribution >= 0.6 is 0 Å². The van der Waals surface area contributed by atoms with Gasteiger partial charge in [-0.2, -0.15) is 0 Å². The Morgan fingerprint density at radius 3 is 2.33 bits per heavy atom.